The second-order valence-corrected chi connectivity index (χ2v) is 6.24. The molecule has 2 aromatic carbocycles. The van der Waals surface area contributed by atoms with E-state index < -0.39 is 0 Å². The normalized spacial score (nSPS) is 10.4. The molecule has 0 fully saturated rings. The third kappa shape index (κ3) is 4.16. The standard InChI is InChI=1S/C23H20N4O2/c1-28-19-10-6-17(7-11-19)21-16-24-23(26-27-14-4-3-5-15-27)22(25-21)18-8-12-20(29-2)13-9-18/h3-16H,1-2H3. The zero-order valence-corrected chi connectivity index (χ0v) is 16.2. The first-order valence-corrected chi connectivity index (χ1v) is 9.11. The maximum Gasteiger partial charge on any atom is 0.182 e. The molecule has 29 heavy (non-hydrogen) atoms. The van der Waals surface area contributed by atoms with E-state index in [9.17, 15) is 0 Å². The zero-order chi connectivity index (χ0) is 20.1. The van der Waals surface area contributed by atoms with Crippen LogP contribution in [0.3, 0.4) is 0 Å². The molecule has 0 saturated heterocycles. The molecule has 0 atom stereocenters. The number of aromatic nitrogens is 3. The molecule has 0 saturated carbocycles. The zero-order valence-electron chi connectivity index (χ0n) is 16.2. The Morgan fingerprint density at radius 1 is 0.759 bits per heavy atom. The molecule has 2 heterocycles. The molecular weight excluding hydrogens is 364 g/mol. The van der Waals surface area contributed by atoms with Crippen molar-refractivity contribution < 1.29 is 14.1 Å². The number of hydrogen-bond acceptors (Lipinski definition) is 4. The molecular formula is C23H20N4O2. The van der Waals surface area contributed by atoms with Crippen LogP contribution in [0.2, 0.25) is 0 Å². The Bertz CT molecular complexity index is 1080. The largest absolute Gasteiger partial charge is 0.497 e. The Balaban J connectivity index is 1.77. The Morgan fingerprint density at radius 3 is 1.93 bits per heavy atom. The number of ether oxygens (including phenoxy) is 2. The van der Waals surface area contributed by atoms with Crippen molar-refractivity contribution in [3.63, 3.8) is 0 Å². The Labute approximate surface area is 169 Å². The summed E-state index contributed by atoms with van der Waals surface area (Å²) in [5, 5.41) is 0. The van der Waals surface area contributed by atoms with Crippen molar-refractivity contribution in [3.05, 3.63) is 90.7 Å². The minimum Gasteiger partial charge on any atom is -0.497 e. The van der Waals surface area contributed by atoms with Crippen molar-refractivity contribution in [2.24, 2.45) is 0 Å². The van der Waals surface area contributed by atoms with Gasteiger partial charge in [0.05, 0.1) is 25.6 Å². The van der Waals surface area contributed by atoms with Crippen LogP contribution in [0.1, 0.15) is 0 Å². The average Bonchev–Trinajstić information content (AvgIpc) is 2.80. The third-order valence-electron chi connectivity index (χ3n) is 4.41. The molecule has 0 spiro atoms. The van der Waals surface area contributed by atoms with Crippen molar-refractivity contribution in [2.75, 3.05) is 14.2 Å². The molecule has 144 valence electrons. The molecule has 4 rings (SSSR count). The van der Waals surface area contributed by atoms with E-state index in [0.717, 1.165) is 28.3 Å². The molecule has 6 heteroatoms. The number of methoxy groups -OCH3 is 2. The van der Waals surface area contributed by atoms with Crippen molar-refractivity contribution in [2.45, 2.75) is 0 Å². The fourth-order valence-electron chi connectivity index (χ4n) is 2.86. The van der Waals surface area contributed by atoms with Gasteiger partial charge in [0, 0.05) is 29.1 Å². The highest BCUT2D eigenvalue weighted by Gasteiger charge is 2.09. The number of benzene rings is 2. The minimum absolute atomic E-state index is 0.531. The molecule has 4 aromatic rings. The van der Waals surface area contributed by atoms with Crippen LogP contribution >= 0.6 is 0 Å². The summed E-state index contributed by atoms with van der Waals surface area (Å²) >= 11 is 0. The molecule has 2 aromatic heterocycles. The lowest BCUT2D eigenvalue weighted by molar-refractivity contribution is -0.619. The number of rotatable bonds is 6. The van der Waals surface area contributed by atoms with Crippen molar-refractivity contribution in [3.8, 4) is 34.0 Å². The summed E-state index contributed by atoms with van der Waals surface area (Å²) in [4.78, 5) is 9.47. The van der Waals surface area contributed by atoms with Crippen LogP contribution in [0, 0.1) is 0 Å². The summed E-state index contributed by atoms with van der Waals surface area (Å²) < 4.78 is 12.2. The second-order valence-electron chi connectivity index (χ2n) is 6.24. The molecule has 0 unspecified atom stereocenters. The predicted molar refractivity (Wildman–Crippen MR) is 111 cm³/mol. The fraction of sp³-hybridized carbons (Fsp3) is 0.0870. The van der Waals surface area contributed by atoms with E-state index in [1.807, 2.05) is 79.1 Å². The van der Waals surface area contributed by atoms with Gasteiger partial charge in [-0.3, -0.25) is 0 Å². The first kappa shape index (κ1) is 18.4. The van der Waals surface area contributed by atoms with E-state index in [1.54, 1.807) is 25.1 Å². The van der Waals surface area contributed by atoms with E-state index >= 15 is 0 Å². The van der Waals surface area contributed by atoms with Crippen LogP contribution in [-0.2, 0) is 0 Å². The van der Waals surface area contributed by atoms with Crippen LogP contribution in [0.25, 0.3) is 27.9 Å². The van der Waals surface area contributed by atoms with Gasteiger partial charge >= 0.3 is 0 Å². The SMILES string of the molecule is COc1ccc(-c2cnc([N-][n+]3ccccc3)c(-c3ccc(OC)cc3)n2)cc1. The van der Waals surface area contributed by atoms with Gasteiger partial charge in [-0.05, 0) is 48.5 Å². The van der Waals surface area contributed by atoms with Gasteiger partial charge in [0.15, 0.2) is 12.4 Å². The van der Waals surface area contributed by atoms with E-state index in [1.165, 1.54) is 0 Å². The van der Waals surface area contributed by atoms with Crippen molar-refractivity contribution in [1.29, 1.82) is 0 Å². The quantitative estimate of drug-likeness (QED) is 0.456. The van der Waals surface area contributed by atoms with Crippen LogP contribution in [0.4, 0.5) is 5.82 Å². The van der Waals surface area contributed by atoms with Gasteiger partial charge in [-0.1, -0.05) is 12.3 Å². The summed E-state index contributed by atoms with van der Waals surface area (Å²) in [6.45, 7) is 0. The number of pyridine rings is 1. The van der Waals surface area contributed by atoms with E-state index in [4.69, 9.17) is 14.5 Å². The van der Waals surface area contributed by atoms with Crippen molar-refractivity contribution in [1.82, 2.24) is 9.97 Å². The van der Waals surface area contributed by atoms with Crippen molar-refractivity contribution >= 4 is 5.82 Å². The molecule has 0 bridgehead atoms. The lowest BCUT2D eigenvalue weighted by Crippen LogP contribution is -2.26. The van der Waals surface area contributed by atoms with Crippen LogP contribution in [-0.4, -0.2) is 24.2 Å². The summed E-state index contributed by atoms with van der Waals surface area (Å²) in [7, 11) is 3.29. The summed E-state index contributed by atoms with van der Waals surface area (Å²) in [6.07, 6.45) is 5.45. The summed E-state index contributed by atoms with van der Waals surface area (Å²) in [5.74, 6) is 2.11. The van der Waals surface area contributed by atoms with Gasteiger partial charge < -0.3 is 14.5 Å². The second kappa shape index (κ2) is 8.39. The predicted octanol–water partition coefficient (Wildman–Crippen LogP) is 4.58. The lowest BCUT2D eigenvalue weighted by Gasteiger charge is -2.16. The fourth-order valence-corrected chi connectivity index (χ4v) is 2.86. The smallest absolute Gasteiger partial charge is 0.182 e. The summed E-state index contributed by atoms with van der Waals surface area (Å²) in [6, 6.07) is 21.2. The number of hydrogen-bond donors (Lipinski definition) is 0. The average molecular weight is 384 g/mol. The van der Waals surface area contributed by atoms with Gasteiger partial charge in [0.25, 0.3) is 0 Å². The first-order valence-electron chi connectivity index (χ1n) is 9.11. The Morgan fingerprint density at radius 2 is 1.34 bits per heavy atom. The third-order valence-corrected chi connectivity index (χ3v) is 4.41. The maximum absolute atomic E-state index is 5.27. The topological polar surface area (TPSA) is 62.2 Å². The molecule has 0 aliphatic heterocycles. The molecule has 0 aliphatic carbocycles. The van der Waals surface area contributed by atoms with Crippen LogP contribution < -0.4 is 14.1 Å². The molecule has 0 amide bonds. The van der Waals surface area contributed by atoms with Gasteiger partial charge in [0.2, 0.25) is 0 Å². The van der Waals surface area contributed by atoms with Gasteiger partial charge in [-0.25, -0.2) is 4.98 Å². The van der Waals surface area contributed by atoms with E-state index in [0.29, 0.717) is 11.5 Å². The molecule has 0 N–H and O–H groups in total. The van der Waals surface area contributed by atoms with Gasteiger partial charge in [0.1, 0.15) is 11.5 Å². The Kier molecular flexibility index (Phi) is 5.33. The van der Waals surface area contributed by atoms with Crippen LogP contribution in [0.5, 0.6) is 11.5 Å². The highest BCUT2D eigenvalue weighted by molar-refractivity contribution is 5.75. The maximum atomic E-state index is 5.27. The van der Waals surface area contributed by atoms with Crippen LogP contribution in [0.15, 0.2) is 85.3 Å². The highest BCUT2D eigenvalue weighted by atomic mass is 16.5. The van der Waals surface area contributed by atoms with E-state index in [2.05, 4.69) is 10.4 Å². The first-order chi connectivity index (χ1) is 14.3. The molecule has 0 radical (unpaired) electrons. The van der Waals surface area contributed by atoms with E-state index in [-0.39, 0.29) is 0 Å². The lowest BCUT2D eigenvalue weighted by atomic mass is 10.1. The van der Waals surface area contributed by atoms with Gasteiger partial charge in [-0.2, -0.15) is 10.1 Å². The van der Waals surface area contributed by atoms with Gasteiger partial charge in [-0.15, -0.1) is 0 Å². The minimum atomic E-state index is 0.531. The summed E-state index contributed by atoms with van der Waals surface area (Å²) in [5.41, 5.74) is 7.92. The molecule has 0 aliphatic rings. The number of nitrogens with zero attached hydrogens (tertiary/aromatic N) is 4. The molecule has 6 nitrogen and oxygen atoms in total. The Hall–Kier alpha value is -3.93. The monoisotopic (exact) mass is 384 g/mol. The highest BCUT2D eigenvalue weighted by Crippen LogP contribution is 2.32.